The Hall–Kier alpha value is -1.62. The summed E-state index contributed by atoms with van der Waals surface area (Å²) in [6.07, 6.45) is 2.69. The second-order valence-electron chi connectivity index (χ2n) is 4.57. The van der Waals surface area contributed by atoms with Gasteiger partial charge in [-0.15, -0.1) is 0 Å². The molecule has 0 fully saturated rings. The maximum atomic E-state index is 11.0. The quantitative estimate of drug-likeness (QED) is 0.672. The molecule has 1 heterocycles. The Morgan fingerprint density at radius 2 is 2.16 bits per heavy atom. The number of pyridine rings is 1. The molecule has 3 N–H and O–H groups in total. The van der Waals surface area contributed by atoms with Crippen LogP contribution in [0.2, 0.25) is 0 Å². The van der Waals surface area contributed by atoms with Gasteiger partial charge < -0.3 is 15.5 Å². The summed E-state index contributed by atoms with van der Waals surface area (Å²) < 4.78 is 0. The van der Waals surface area contributed by atoms with Crippen molar-refractivity contribution in [2.75, 3.05) is 11.9 Å². The molecule has 0 bridgehead atoms. The topological polar surface area (TPSA) is 82.5 Å². The van der Waals surface area contributed by atoms with Crippen molar-refractivity contribution in [2.45, 2.75) is 45.6 Å². The lowest BCUT2D eigenvalue weighted by molar-refractivity contribution is 0.0696. The second kappa shape index (κ2) is 7.74. The number of aromatic nitrogens is 1. The van der Waals surface area contributed by atoms with Crippen molar-refractivity contribution in [3.63, 3.8) is 0 Å². The van der Waals surface area contributed by atoms with Gasteiger partial charge in [-0.1, -0.05) is 20.3 Å². The van der Waals surface area contributed by atoms with E-state index in [1.54, 1.807) is 6.07 Å². The molecule has 0 radical (unpaired) electrons. The van der Waals surface area contributed by atoms with Gasteiger partial charge in [-0.3, -0.25) is 0 Å². The van der Waals surface area contributed by atoms with Crippen molar-refractivity contribution >= 4 is 11.8 Å². The Bertz CT molecular complexity index is 421. The maximum Gasteiger partial charge on any atom is 0.335 e. The van der Waals surface area contributed by atoms with E-state index in [1.165, 1.54) is 6.07 Å². The van der Waals surface area contributed by atoms with Gasteiger partial charge in [-0.2, -0.15) is 0 Å². The number of rotatable bonds is 8. The third-order valence-electron chi connectivity index (χ3n) is 2.89. The molecule has 0 aliphatic carbocycles. The predicted octanol–water partition coefficient (Wildman–Crippen LogP) is 2.31. The first-order valence-electron chi connectivity index (χ1n) is 6.73. The van der Waals surface area contributed by atoms with E-state index in [0.717, 1.165) is 18.5 Å². The molecule has 1 unspecified atom stereocenters. The van der Waals surface area contributed by atoms with E-state index in [2.05, 4.69) is 10.3 Å². The van der Waals surface area contributed by atoms with Crippen molar-refractivity contribution < 1.29 is 15.0 Å². The summed E-state index contributed by atoms with van der Waals surface area (Å²) in [4.78, 5) is 15.4. The van der Waals surface area contributed by atoms with E-state index in [4.69, 9.17) is 5.11 Å². The highest BCUT2D eigenvalue weighted by atomic mass is 16.4. The van der Waals surface area contributed by atoms with Crippen LogP contribution in [0.4, 0.5) is 5.82 Å². The minimum atomic E-state index is -0.948. The van der Waals surface area contributed by atoms with E-state index in [1.807, 2.05) is 13.8 Å². The lowest BCUT2D eigenvalue weighted by Crippen LogP contribution is -2.13. The Balaban J connectivity index is 2.73. The molecular weight excluding hydrogens is 244 g/mol. The standard InChI is InChI=1S/C14H22N2O3/c1-3-5-11-8-10(14(18)19)9-13(16-11)15-7-6-12(17)4-2/h8-9,12,17H,3-7H2,1-2H3,(H,15,16)(H,18,19). The van der Waals surface area contributed by atoms with Crippen LogP contribution in [0.1, 0.15) is 49.2 Å². The zero-order valence-electron chi connectivity index (χ0n) is 11.5. The van der Waals surface area contributed by atoms with Crippen LogP contribution in [0, 0.1) is 0 Å². The molecule has 0 aliphatic heterocycles. The molecule has 19 heavy (non-hydrogen) atoms. The number of carboxylic acid groups (broad SMARTS) is 1. The van der Waals surface area contributed by atoms with E-state index in [-0.39, 0.29) is 11.7 Å². The average molecular weight is 266 g/mol. The molecule has 1 aromatic heterocycles. The maximum absolute atomic E-state index is 11.0. The van der Waals surface area contributed by atoms with Crippen molar-refractivity contribution in [3.05, 3.63) is 23.4 Å². The number of aryl methyl sites for hydroxylation is 1. The highest BCUT2D eigenvalue weighted by molar-refractivity contribution is 5.88. The first-order chi connectivity index (χ1) is 9.06. The first kappa shape index (κ1) is 15.4. The van der Waals surface area contributed by atoms with Crippen LogP contribution in [0.25, 0.3) is 0 Å². The number of nitrogens with zero attached hydrogens (tertiary/aromatic N) is 1. The lowest BCUT2D eigenvalue weighted by Gasteiger charge is -2.11. The predicted molar refractivity (Wildman–Crippen MR) is 74.6 cm³/mol. The number of anilines is 1. The van der Waals surface area contributed by atoms with Crippen molar-refractivity contribution in [2.24, 2.45) is 0 Å². The fourth-order valence-corrected chi connectivity index (χ4v) is 1.76. The molecule has 106 valence electrons. The van der Waals surface area contributed by atoms with E-state index in [0.29, 0.717) is 25.2 Å². The van der Waals surface area contributed by atoms with Crippen LogP contribution in [0.15, 0.2) is 12.1 Å². The Kier molecular flexibility index (Phi) is 6.29. The van der Waals surface area contributed by atoms with Crippen LogP contribution >= 0.6 is 0 Å². The smallest absolute Gasteiger partial charge is 0.335 e. The number of hydrogen-bond acceptors (Lipinski definition) is 4. The largest absolute Gasteiger partial charge is 0.478 e. The third kappa shape index (κ3) is 5.26. The van der Waals surface area contributed by atoms with Crippen LogP contribution in [0.3, 0.4) is 0 Å². The van der Waals surface area contributed by atoms with Crippen molar-refractivity contribution in [1.29, 1.82) is 0 Å². The van der Waals surface area contributed by atoms with E-state index in [9.17, 15) is 9.90 Å². The molecule has 1 aromatic rings. The zero-order valence-corrected chi connectivity index (χ0v) is 11.5. The van der Waals surface area contributed by atoms with Crippen molar-refractivity contribution in [3.8, 4) is 0 Å². The Morgan fingerprint density at radius 3 is 2.74 bits per heavy atom. The number of carbonyl (C=O) groups is 1. The first-order valence-corrected chi connectivity index (χ1v) is 6.73. The third-order valence-corrected chi connectivity index (χ3v) is 2.89. The molecule has 5 heteroatoms. The van der Waals surface area contributed by atoms with Crippen LogP contribution in [-0.2, 0) is 6.42 Å². The molecule has 1 rings (SSSR count). The van der Waals surface area contributed by atoms with Gasteiger partial charge in [0.2, 0.25) is 0 Å². The summed E-state index contributed by atoms with van der Waals surface area (Å²) in [5, 5.41) is 21.6. The van der Waals surface area contributed by atoms with Crippen LogP contribution < -0.4 is 5.32 Å². The van der Waals surface area contributed by atoms with Gasteiger partial charge in [-0.05, 0) is 31.4 Å². The van der Waals surface area contributed by atoms with Gasteiger partial charge in [0.25, 0.3) is 0 Å². The van der Waals surface area contributed by atoms with Crippen LogP contribution in [-0.4, -0.2) is 33.8 Å². The summed E-state index contributed by atoms with van der Waals surface area (Å²) in [6, 6.07) is 3.14. The number of carboxylic acids is 1. The zero-order chi connectivity index (χ0) is 14.3. The molecule has 1 atom stereocenters. The highest BCUT2D eigenvalue weighted by Crippen LogP contribution is 2.12. The highest BCUT2D eigenvalue weighted by Gasteiger charge is 2.08. The van der Waals surface area contributed by atoms with E-state index < -0.39 is 5.97 Å². The van der Waals surface area contributed by atoms with Gasteiger partial charge in [-0.25, -0.2) is 9.78 Å². The van der Waals surface area contributed by atoms with Crippen molar-refractivity contribution in [1.82, 2.24) is 4.98 Å². The summed E-state index contributed by atoms with van der Waals surface area (Å²) in [5.74, 6) is -0.386. The Morgan fingerprint density at radius 1 is 1.42 bits per heavy atom. The van der Waals surface area contributed by atoms with E-state index >= 15 is 0 Å². The van der Waals surface area contributed by atoms with Crippen LogP contribution in [0.5, 0.6) is 0 Å². The fourth-order valence-electron chi connectivity index (χ4n) is 1.76. The lowest BCUT2D eigenvalue weighted by atomic mass is 10.1. The number of aromatic carboxylic acids is 1. The summed E-state index contributed by atoms with van der Waals surface area (Å²) >= 11 is 0. The molecule has 0 amide bonds. The molecule has 0 aliphatic rings. The molecule has 0 saturated carbocycles. The number of nitrogens with one attached hydrogen (secondary N) is 1. The summed E-state index contributed by atoms with van der Waals surface area (Å²) in [6.45, 7) is 4.53. The normalized spacial score (nSPS) is 12.2. The van der Waals surface area contributed by atoms with Gasteiger partial charge in [0.1, 0.15) is 5.82 Å². The SMILES string of the molecule is CCCc1cc(C(=O)O)cc(NCCC(O)CC)n1. The molecule has 0 spiro atoms. The average Bonchev–Trinajstić information content (AvgIpc) is 2.38. The minimum Gasteiger partial charge on any atom is -0.478 e. The molecule has 5 nitrogen and oxygen atoms in total. The number of aliphatic hydroxyl groups is 1. The monoisotopic (exact) mass is 266 g/mol. The summed E-state index contributed by atoms with van der Waals surface area (Å²) in [7, 11) is 0. The minimum absolute atomic E-state index is 0.247. The molecule has 0 saturated heterocycles. The summed E-state index contributed by atoms with van der Waals surface area (Å²) in [5.41, 5.74) is 1.03. The second-order valence-corrected chi connectivity index (χ2v) is 4.57. The van der Waals surface area contributed by atoms with Gasteiger partial charge in [0, 0.05) is 12.2 Å². The van der Waals surface area contributed by atoms with Gasteiger partial charge >= 0.3 is 5.97 Å². The molecule has 0 aromatic carbocycles. The fraction of sp³-hybridized carbons (Fsp3) is 0.571. The van der Waals surface area contributed by atoms with Gasteiger partial charge in [0.15, 0.2) is 0 Å². The Labute approximate surface area is 113 Å². The van der Waals surface area contributed by atoms with Gasteiger partial charge in [0.05, 0.1) is 11.7 Å². The number of hydrogen-bond donors (Lipinski definition) is 3. The number of aliphatic hydroxyl groups excluding tert-OH is 1. The molecular formula is C14H22N2O3.